The number of nitrogens with zero attached hydrogens (tertiary/aromatic N) is 1. The van der Waals surface area contributed by atoms with Crippen molar-refractivity contribution in [2.45, 2.75) is 30.4 Å². The Morgan fingerprint density at radius 2 is 2.10 bits per heavy atom. The van der Waals surface area contributed by atoms with Crippen LogP contribution in [0.1, 0.15) is 30.4 Å². The first kappa shape index (κ1) is 15.7. The topological polar surface area (TPSA) is 87.7 Å². The number of thioether (sulfide) groups is 1. The van der Waals surface area contributed by atoms with Crippen LogP contribution in [-0.2, 0) is 11.2 Å². The zero-order valence-electron chi connectivity index (χ0n) is 12.1. The number of carbonyl (C=O) groups excluding carboxylic acids is 1. The highest BCUT2D eigenvalue weighted by Crippen LogP contribution is 2.42. The Bertz CT molecular complexity index is 519. The third-order valence-corrected chi connectivity index (χ3v) is 5.45. The van der Waals surface area contributed by atoms with Crippen LogP contribution < -0.4 is 11.1 Å². The van der Waals surface area contributed by atoms with E-state index in [1.54, 1.807) is 12.1 Å². The fourth-order valence-electron chi connectivity index (χ4n) is 2.38. The molecule has 6 heteroatoms. The molecule has 0 aliphatic heterocycles. The van der Waals surface area contributed by atoms with E-state index in [0.717, 1.165) is 12.1 Å². The zero-order chi connectivity index (χ0) is 15.3. The molecule has 114 valence electrons. The molecule has 1 fully saturated rings. The van der Waals surface area contributed by atoms with E-state index >= 15 is 0 Å². The third-order valence-electron chi connectivity index (χ3n) is 4.03. The first-order valence-corrected chi connectivity index (χ1v) is 8.20. The lowest BCUT2D eigenvalue weighted by molar-refractivity contribution is -0.120. The first-order valence-electron chi connectivity index (χ1n) is 6.97. The van der Waals surface area contributed by atoms with Crippen molar-refractivity contribution in [3.05, 3.63) is 35.4 Å². The van der Waals surface area contributed by atoms with Crippen LogP contribution >= 0.6 is 11.8 Å². The van der Waals surface area contributed by atoms with Crippen molar-refractivity contribution in [1.82, 2.24) is 5.32 Å². The van der Waals surface area contributed by atoms with Gasteiger partial charge in [-0.2, -0.15) is 11.8 Å². The predicted molar refractivity (Wildman–Crippen MR) is 85.8 cm³/mol. The van der Waals surface area contributed by atoms with Gasteiger partial charge in [0.2, 0.25) is 5.91 Å². The molecule has 0 saturated heterocycles. The van der Waals surface area contributed by atoms with Gasteiger partial charge in [0.1, 0.15) is 0 Å². The maximum atomic E-state index is 12.0. The minimum atomic E-state index is 0.0341. The summed E-state index contributed by atoms with van der Waals surface area (Å²) in [5.41, 5.74) is 7.04. The minimum Gasteiger partial charge on any atom is -0.409 e. The fraction of sp³-hybridized carbons (Fsp3) is 0.467. The Labute approximate surface area is 129 Å². The standard InChI is InChI=1S/C15H21N3O2S/c1-21-15(7-2-8-15)10-17-13(19)9-11-3-5-12(6-4-11)14(16)18-20/h3-6,20H,2,7-10H2,1H3,(H2,16,18)(H,17,19). The highest BCUT2D eigenvalue weighted by atomic mass is 32.2. The molecule has 0 atom stereocenters. The Morgan fingerprint density at radius 1 is 1.43 bits per heavy atom. The van der Waals surface area contributed by atoms with Crippen molar-refractivity contribution in [1.29, 1.82) is 0 Å². The molecule has 1 aliphatic carbocycles. The Kier molecular flexibility index (Phi) is 5.12. The van der Waals surface area contributed by atoms with E-state index in [1.807, 2.05) is 23.9 Å². The van der Waals surface area contributed by atoms with Crippen LogP contribution in [0.3, 0.4) is 0 Å². The molecular formula is C15H21N3O2S. The van der Waals surface area contributed by atoms with E-state index < -0.39 is 0 Å². The number of rotatable bonds is 6. The van der Waals surface area contributed by atoms with Crippen molar-refractivity contribution in [3.63, 3.8) is 0 Å². The molecular weight excluding hydrogens is 286 g/mol. The third kappa shape index (κ3) is 3.91. The summed E-state index contributed by atoms with van der Waals surface area (Å²) >= 11 is 1.85. The van der Waals surface area contributed by atoms with Crippen LogP contribution in [0.5, 0.6) is 0 Å². The van der Waals surface area contributed by atoms with Gasteiger partial charge in [-0.25, -0.2) is 0 Å². The van der Waals surface area contributed by atoms with E-state index in [2.05, 4.69) is 16.7 Å². The normalized spacial score (nSPS) is 17.1. The molecule has 0 spiro atoms. The maximum absolute atomic E-state index is 12.0. The van der Waals surface area contributed by atoms with Crippen LogP contribution in [0.15, 0.2) is 29.4 Å². The lowest BCUT2D eigenvalue weighted by Crippen LogP contribution is -2.45. The van der Waals surface area contributed by atoms with Gasteiger partial charge in [0, 0.05) is 16.9 Å². The highest BCUT2D eigenvalue weighted by Gasteiger charge is 2.36. The zero-order valence-corrected chi connectivity index (χ0v) is 12.9. The van der Waals surface area contributed by atoms with Crippen LogP contribution in [0, 0.1) is 0 Å². The fourth-order valence-corrected chi connectivity index (χ4v) is 3.30. The molecule has 0 unspecified atom stereocenters. The number of amides is 1. The second kappa shape index (κ2) is 6.85. The number of oxime groups is 1. The summed E-state index contributed by atoms with van der Waals surface area (Å²) in [6, 6.07) is 7.13. The number of benzene rings is 1. The van der Waals surface area contributed by atoms with Crippen LogP contribution in [0.25, 0.3) is 0 Å². The second-order valence-corrected chi connectivity index (χ2v) is 6.65. The monoisotopic (exact) mass is 307 g/mol. The first-order chi connectivity index (χ1) is 10.1. The lowest BCUT2D eigenvalue weighted by Gasteiger charge is -2.40. The molecule has 2 rings (SSSR count). The molecule has 4 N–H and O–H groups in total. The van der Waals surface area contributed by atoms with Crippen LogP contribution in [0.2, 0.25) is 0 Å². The van der Waals surface area contributed by atoms with Gasteiger partial charge < -0.3 is 16.3 Å². The highest BCUT2D eigenvalue weighted by molar-refractivity contribution is 8.00. The van der Waals surface area contributed by atoms with Crippen molar-refractivity contribution >= 4 is 23.5 Å². The maximum Gasteiger partial charge on any atom is 0.224 e. The van der Waals surface area contributed by atoms with E-state index in [0.29, 0.717) is 12.0 Å². The quantitative estimate of drug-likeness (QED) is 0.323. The molecule has 1 amide bonds. The van der Waals surface area contributed by atoms with Gasteiger partial charge >= 0.3 is 0 Å². The Hall–Kier alpha value is -1.69. The summed E-state index contributed by atoms with van der Waals surface area (Å²) in [4.78, 5) is 12.0. The number of amidine groups is 1. The van der Waals surface area contributed by atoms with E-state index in [9.17, 15) is 4.79 Å². The molecule has 0 bridgehead atoms. The molecule has 0 heterocycles. The molecule has 5 nitrogen and oxygen atoms in total. The van der Waals surface area contributed by atoms with Gasteiger partial charge in [-0.15, -0.1) is 0 Å². The lowest BCUT2D eigenvalue weighted by atomic mass is 9.84. The van der Waals surface area contributed by atoms with Crippen molar-refractivity contribution in [3.8, 4) is 0 Å². The van der Waals surface area contributed by atoms with Crippen LogP contribution in [-0.4, -0.2) is 34.5 Å². The summed E-state index contributed by atoms with van der Waals surface area (Å²) in [5.74, 6) is 0.102. The number of hydrogen-bond donors (Lipinski definition) is 3. The van der Waals surface area contributed by atoms with Crippen molar-refractivity contribution in [2.75, 3.05) is 12.8 Å². The molecule has 1 aromatic carbocycles. The summed E-state index contributed by atoms with van der Waals surface area (Å²) in [6.07, 6.45) is 6.08. The molecule has 1 aliphatic rings. The average molecular weight is 307 g/mol. The Morgan fingerprint density at radius 3 is 2.57 bits per heavy atom. The molecule has 21 heavy (non-hydrogen) atoms. The van der Waals surface area contributed by atoms with Gasteiger partial charge in [-0.1, -0.05) is 35.8 Å². The number of nitrogens with two attached hydrogens (primary N) is 1. The Balaban J connectivity index is 1.85. The van der Waals surface area contributed by atoms with Gasteiger partial charge in [-0.05, 0) is 24.7 Å². The molecule has 0 radical (unpaired) electrons. The molecule has 1 saturated carbocycles. The van der Waals surface area contributed by atoms with Gasteiger partial charge in [0.25, 0.3) is 0 Å². The summed E-state index contributed by atoms with van der Waals surface area (Å²) < 4.78 is 0.256. The van der Waals surface area contributed by atoms with E-state index in [-0.39, 0.29) is 16.5 Å². The SMILES string of the molecule is CSC1(CNC(=O)Cc2ccc(/C(N)=N/O)cc2)CCC1. The van der Waals surface area contributed by atoms with Gasteiger partial charge in [0.05, 0.1) is 6.42 Å². The smallest absolute Gasteiger partial charge is 0.224 e. The number of carbonyl (C=O) groups is 1. The molecule has 0 aromatic heterocycles. The van der Waals surface area contributed by atoms with Crippen LogP contribution in [0.4, 0.5) is 0 Å². The van der Waals surface area contributed by atoms with E-state index in [1.165, 1.54) is 19.3 Å². The largest absolute Gasteiger partial charge is 0.409 e. The van der Waals surface area contributed by atoms with Gasteiger partial charge in [0.15, 0.2) is 5.84 Å². The van der Waals surface area contributed by atoms with E-state index in [4.69, 9.17) is 10.9 Å². The molecule has 1 aromatic rings. The average Bonchev–Trinajstić information content (AvgIpc) is 2.46. The van der Waals surface area contributed by atoms with Gasteiger partial charge in [-0.3, -0.25) is 4.79 Å². The summed E-state index contributed by atoms with van der Waals surface area (Å²) in [5, 5.41) is 14.6. The second-order valence-electron chi connectivity index (χ2n) is 5.38. The summed E-state index contributed by atoms with van der Waals surface area (Å²) in [7, 11) is 0. The summed E-state index contributed by atoms with van der Waals surface area (Å²) in [6.45, 7) is 0.745. The van der Waals surface area contributed by atoms with Crippen molar-refractivity contribution in [2.24, 2.45) is 10.9 Å². The number of hydrogen-bond acceptors (Lipinski definition) is 4. The predicted octanol–water partition coefficient (Wildman–Crippen LogP) is 1.73. The number of nitrogens with one attached hydrogen (secondary N) is 1. The van der Waals surface area contributed by atoms with Crippen molar-refractivity contribution < 1.29 is 10.0 Å². The minimum absolute atomic E-state index is 0.0341.